The van der Waals surface area contributed by atoms with E-state index in [1.54, 1.807) is 0 Å². The molecule has 2 aromatic rings. The quantitative estimate of drug-likeness (QED) is 0.806. The van der Waals surface area contributed by atoms with Crippen LogP contribution in [0.15, 0.2) is 12.4 Å². The van der Waals surface area contributed by atoms with Gasteiger partial charge in [-0.15, -0.1) is 0 Å². The maximum atomic E-state index is 6.23. The molecule has 0 aromatic carbocycles. The van der Waals surface area contributed by atoms with Crippen molar-refractivity contribution in [2.75, 3.05) is 0 Å². The fourth-order valence-corrected chi connectivity index (χ4v) is 2.39. The van der Waals surface area contributed by atoms with Crippen LogP contribution in [0.5, 0.6) is 0 Å². The minimum Gasteiger partial charge on any atom is -0.335 e. The highest BCUT2D eigenvalue weighted by Gasteiger charge is 2.28. The summed E-state index contributed by atoms with van der Waals surface area (Å²) in [4.78, 5) is 13.5. The van der Waals surface area contributed by atoms with Crippen LogP contribution in [0.4, 0.5) is 0 Å². The molecule has 4 nitrogen and oxygen atoms in total. The fourth-order valence-electron chi connectivity index (χ4n) is 2.19. The Balaban J connectivity index is 1.95. The van der Waals surface area contributed by atoms with Crippen molar-refractivity contribution in [3.8, 4) is 0 Å². The van der Waals surface area contributed by atoms with Gasteiger partial charge in [0.05, 0.1) is 5.69 Å². The second kappa shape index (κ2) is 4.93. The molecule has 0 aliphatic heterocycles. The summed E-state index contributed by atoms with van der Waals surface area (Å²) in [5.41, 5.74) is 1.97. The Morgan fingerprint density at radius 3 is 2.84 bits per heavy atom. The molecule has 1 saturated carbocycles. The van der Waals surface area contributed by atoms with E-state index >= 15 is 0 Å². The molecule has 0 saturated heterocycles. The first-order valence-electron chi connectivity index (χ1n) is 6.72. The lowest BCUT2D eigenvalue weighted by molar-refractivity contribution is 0.704. The average Bonchev–Trinajstić information content (AvgIpc) is 3.15. The summed E-state index contributed by atoms with van der Waals surface area (Å²) < 4.78 is 2.13. The van der Waals surface area contributed by atoms with Crippen LogP contribution < -0.4 is 0 Å². The maximum absolute atomic E-state index is 6.23. The molecule has 0 unspecified atom stereocenters. The zero-order valence-electron chi connectivity index (χ0n) is 11.2. The van der Waals surface area contributed by atoms with E-state index in [4.69, 9.17) is 16.6 Å². The van der Waals surface area contributed by atoms with Gasteiger partial charge in [-0.3, -0.25) is 0 Å². The number of rotatable bonds is 4. The zero-order chi connectivity index (χ0) is 13.4. The summed E-state index contributed by atoms with van der Waals surface area (Å²) in [7, 11) is 0. The summed E-state index contributed by atoms with van der Waals surface area (Å²) >= 11 is 6.23. The Bertz CT molecular complexity index is 601. The molecule has 1 aliphatic carbocycles. The zero-order valence-corrected chi connectivity index (χ0v) is 12.0. The SMILES string of the molecule is CCn1ccnc1Cc1nc(C2CC2)nc(Cl)c1C. The Labute approximate surface area is 117 Å². The molecule has 5 heteroatoms. The smallest absolute Gasteiger partial charge is 0.135 e. The van der Waals surface area contributed by atoms with Crippen LogP contribution in [0, 0.1) is 6.92 Å². The van der Waals surface area contributed by atoms with Gasteiger partial charge >= 0.3 is 0 Å². The van der Waals surface area contributed by atoms with E-state index in [2.05, 4.69) is 21.5 Å². The number of hydrogen-bond acceptors (Lipinski definition) is 3. The summed E-state index contributed by atoms with van der Waals surface area (Å²) in [5, 5.41) is 0.585. The van der Waals surface area contributed by atoms with Crippen LogP contribution in [-0.4, -0.2) is 19.5 Å². The van der Waals surface area contributed by atoms with Crippen LogP contribution in [0.2, 0.25) is 5.15 Å². The van der Waals surface area contributed by atoms with Crippen molar-refractivity contribution < 1.29 is 0 Å². The van der Waals surface area contributed by atoms with Crippen molar-refractivity contribution in [2.24, 2.45) is 0 Å². The molecule has 0 radical (unpaired) electrons. The number of imidazole rings is 1. The van der Waals surface area contributed by atoms with E-state index < -0.39 is 0 Å². The molecule has 1 fully saturated rings. The second-order valence-corrected chi connectivity index (χ2v) is 5.38. The van der Waals surface area contributed by atoms with Gasteiger partial charge in [0, 0.05) is 36.8 Å². The molecule has 1 aliphatic rings. The highest BCUT2D eigenvalue weighted by Crippen LogP contribution is 2.39. The van der Waals surface area contributed by atoms with Gasteiger partial charge in [-0.05, 0) is 26.7 Å². The minimum absolute atomic E-state index is 0.516. The van der Waals surface area contributed by atoms with Crippen molar-refractivity contribution in [2.45, 2.75) is 45.6 Å². The van der Waals surface area contributed by atoms with Gasteiger partial charge < -0.3 is 4.57 Å². The largest absolute Gasteiger partial charge is 0.335 e. The van der Waals surface area contributed by atoms with Gasteiger partial charge in [-0.25, -0.2) is 15.0 Å². The Morgan fingerprint density at radius 1 is 1.37 bits per heavy atom. The van der Waals surface area contributed by atoms with E-state index in [0.29, 0.717) is 17.5 Å². The van der Waals surface area contributed by atoms with Gasteiger partial charge in [-0.1, -0.05) is 11.6 Å². The second-order valence-electron chi connectivity index (χ2n) is 5.02. The molecule has 0 N–H and O–H groups in total. The summed E-state index contributed by atoms with van der Waals surface area (Å²) in [5.74, 6) is 2.45. The fraction of sp³-hybridized carbons (Fsp3) is 0.500. The van der Waals surface area contributed by atoms with Crippen LogP contribution >= 0.6 is 11.6 Å². The van der Waals surface area contributed by atoms with E-state index in [1.807, 2.05) is 19.3 Å². The van der Waals surface area contributed by atoms with Crippen molar-refractivity contribution in [1.82, 2.24) is 19.5 Å². The van der Waals surface area contributed by atoms with E-state index in [0.717, 1.165) is 29.5 Å². The lowest BCUT2D eigenvalue weighted by atomic mass is 10.2. The van der Waals surface area contributed by atoms with Crippen LogP contribution in [0.1, 0.15) is 48.6 Å². The summed E-state index contributed by atoms with van der Waals surface area (Å²) in [6.45, 7) is 5.01. The molecule has 0 atom stereocenters. The Kier molecular flexibility index (Phi) is 3.27. The third-order valence-electron chi connectivity index (χ3n) is 3.61. The molecule has 0 spiro atoms. The van der Waals surface area contributed by atoms with Crippen molar-refractivity contribution in [3.05, 3.63) is 40.5 Å². The van der Waals surface area contributed by atoms with Crippen LogP contribution in [0.25, 0.3) is 0 Å². The molecule has 0 amide bonds. The monoisotopic (exact) mass is 276 g/mol. The van der Waals surface area contributed by atoms with Crippen molar-refractivity contribution >= 4 is 11.6 Å². The predicted octanol–water partition coefficient (Wildman–Crippen LogP) is 3.12. The number of hydrogen-bond donors (Lipinski definition) is 0. The highest BCUT2D eigenvalue weighted by molar-refractivity contribution is 6.30. The summed E-state index contributed by atoms with van der Waals surface area (Å²) in [6, 6.07) is 0. The standard InChI is InChI=1S/C14H17ClN4/c1-3-19-7-6-16-12(19)8-11-9(2)13(15)18-14(17-11)10-4-5-10/h6-7,10H,3-5,8H2,1-2H3. The van der Waals surface area contributed by atoms with E-state index in [1.165, 1.54) is 12.8 Å². The third-order valence-corrected chi connectivity index (χ3v) is 3.98. The highest BCUT2D eigenvalue weighted by atomic mass is 35.5. The number of halogens is 1. The third kappa shape index (κ3) is 2.50. The Morgan fingerprint density at radius 2 is 2.16 bits per heavy atom. The van der Waals surface area contributed by atoms with Crippen LogP contribution in [-0.2, 0) is 13.0 Å². The number of aryl methyl sites for hydroxylation is 1. The first-order valence-corrected chi connectivity index (χ1v) is 7.09. The van der Waals surface area contributed by atoms with Gasteiger partial charge in [0.2, 0.25) is 0 Å². The molecule has 2 heterocycles. The lowest BCUT2D eigenvalue weighted by Gasteiger charge is -2.10. The number of nitrogens with zero attached hydrogens (tertiary/aromatic N) is 4. The van der Waals surface area contributed by atoms with Gasteiger partial charge in [-0.2, -0.15) is 0 Å². The predicted molar refractivity (Wildman–Crippen MR) is 74.5 cm³/mol. The molecule has 3 rings (SSSR count). The molecule has 2 aromatic heterocycles. The van der Waals surface area contributed by atoms with E-state index in [9.17, 15) is 0 Å². The molecular formula is C14H17ClN4. The molecule has 19 heavy (non-hydrogen) atoms. The van der Waals surface area contributed by atoms with Gasteiger partial charge in [0.25, 0.3) is 0 Å². The van der Waals surface area contributed by atoms with Gasteiger partial charge in [0.15, 0.2) is 0 Å². The van der Waals surface area contributed by atoms with E-state index in [-0.39, 0.29) is 0 Å². The maximum Gasteiger partial charge on any atom is 0.135 e. The first kappa shape index (κ1) is 12.6. The average molecular weight is 277 g/mol. The molecule has 0 bridgehead atoms. The lowest BCUT2D eigenvalue weighted by Crippen LogP contribution is -2.07. The Hall–Kier alpha value is -1.42. The van der Waals surface area contributed by atoms with Crippen LogP contribution in [0.3, 0.4) is 0 Å². The summed E-state index contributed by atoms with van der Waals surface area (Å²) in [6.07, 6.45) is 6.91. The van der Waals surface area contributed by atoms with Crippen molar-refractivity contribution in [3.63, 3.8) is 0 Å². The topological polar surface area (TPSA) is 43.6 Å². The molecular weight excluding hydrogens is 260 g/mol. The normalized spacial score (nSPS) is 14.9. The minimum atomic E-state index is 0.516. The number of aromatic nitrogens is 4. The van der Waals surface area contributed by atoms with Crippen molar-refractivity contribution in [1.29, 1.82) is 0 Å². The molecule has 100 valence electrons. The van der Waals surface area contributed by atoms with Gasteiger partial charge in [0.1, 0.15) is 16.8 Å². The first-order chi connectivity index (χ1) is 9.19.